The third kappa shape index (κ3) is 13.2. The normalized spacial score (nSPS) is 13.9. The topological polar surface area (TPSA) is 77.8 Å². The average molecular weight is 459 g/mol. The van der Waals surface area contributed by atoms with Crippen LogP contribution in [0.2, 0.25) is 0 Å². The zero-order chi connectivity index (χ0) is 24.1. The summed E-state index contributed by atoms with van der Waals surface area (Å²) in [7, 11) is 3.85. The highest BCUT2D eigenvalue weighted by Crippen LogP contribution is 2.32. The zero-order valence-electron chi connectivity index (χ0n) is 21.8. The number of carboxylic acid groups (broad SMARTS) is 1. The third-order valence-electron chi connectivity index (χ3n) is 7.40. The maximum atomic E-state index is 12.2. The summed E-state index contributed by atoms with van der Waals surface area (Å²) >= 11 is 0. The molecule has 0 aliphatic rings. The molecule has 192 valence electrons. The minimum absolute atomic E-state index is 0.0650. The van der Waals surface area contributed by atoms with E-state index in [1.165, 1.54) is 83.5 Å². The Labute approximate surface area is 199 Å². The fourth-order valence-corrected chi connectivity index (χ4v) is 5.03. The lowest BCUT2D eigenvalue weighted by Crippen LogP contribution is -2.65. The molecular weight excluding hydrogens is 402 g/mol. The van der Waals surface area contributed by atoms with E-state index in [1.807, 2.05) is 14.1 Å². The van der Waals surface area contributed by atoms with Gasteiger partial charge in [0.25, 0.3) is 0 Å². The molecule has 5 heteroatoms. The van der Waals surface area contributed by atoms with E-state index in [2.05, 4.69) is 6.92 Å². The number of aliphatic hydroxyl groups is 2. The number of hydrogen-bond acceptors (Lipinski definition) is 3. The fraction of sp³-hybridized carbons (Fsp3) is 0.963. The van der Waals surface area contributed by atoms with Crippen LogP contribution in [-0.4, -0.2) is 65.2 Å². The van der Waals surface area contributed by atoms with Crippen molar-refractivity contribution in [2.75, 3.05) is 33.9 Å². The van der Waals surface area contributed by atoms with Crippen LogP contribution in [0.25, 0.3) is 0 Å². The molecule has 0 rings (SSSR count). The van der Waals surface area contributed by atoms with Crippen molar-refractivity contribution < 1.29 is 24.6 Å². The van der Waals surface area contributed by atoms with Crippen molar-refractivity contribution in [1.82, 2.24) is 0 Å². The monoisotopic (exact) mass is 458 g/mol. The number of carbonyl (C=O) groups is 1. The Bertz CT molecular complexity index is 441. The first-order valence-electron chi connectivity index (χ1n) is 13.7. The molecule has 0 saturated carbocycles. The number of nitrogens with zero attached hydrogens (tertiary/aromatic N) is 1. The van der Waals surface area contributed by atoms with Gasteiger partial charge in [0.2, 0.25) is 0 Å². The first kappa shape index (κ1) is 31.4. The Balaban J connectivity index is 3.93. The van der Waals surface area contributed by atoms with Crippen LogP contribution in [0.1, 0.15) is 129 Å². The van der Waals surface area contributed by atoms with Gasteiger partial charge in [-0.25, -0.2) is 4.79 Å². The van der Waals surface area contributed by atoms with Gasteiger partial charge < -0.3 is 19.8 Å². The number of carboxylic acids is 1. The molecule has 0 aromatic heterocycles. The molecule has 0 aromatic carbocycles. The molecule has 0 aromatic rings. The lowest BCUT2D eigenvalue weighted by atomic mass is 9.84. The molecule has 0 fully saturated rings. The molecule has 1 unspecified atom stereocenters. The number of quaternary nitrogens is 1. The lowest BCUT2D eigenvalue weighted by Gasteiger charge is -2.46. The van der Waals surface area contributed by atoms with Gasteiger partial charge in [-0.05, 0) is 6.42 Å². The van der Waals surface area contributed by atoms with Crippen LogP contribution in [0, 0.1) is 0 Å². The molecule has 0 saturated heterocycles. The van der Waals surface area contributed by atoms with E-state index in [9.17, 15) is 20.1 Å². The van der Waals surface area contributed by atoms with E-state index in [-0.39, 0.29) is 19.6 Å². The molecule has 0 radical (unpaired) electrons. The highest BCUT2D eigenvalue weighted by atomic mass is 16.4. The Hall–Kier alpha value is -0.650. The second kappa shape index (κ2) is 19.8. The number of aliphatic hydroxyl groups excluding tert-OH is 2. The molecule has 0 aliphatic carbocycles. The van der Waals surface area contributed by atoms with Crippen LogP contribution in [0.15, 0.2) is 0 Å². The van der Waals surface area contributed by atoms with Crippen LogP contribution >= 0.6 is 0 Å². The first-order valence-corrected chi connectivity index (χ1v) is 13.7. The molecule has 0 bridgehead atoms. The molecular formula is C27H56NO4+. The van der Waals surface area contributed by atoms with E-state index in [0.717, 1.165) is 19.3 Å². The highest BCUT2D eigenvalue weighted by Gasteiger charge is 2.51. The Kier molecular flexibility index (Phi) is 19.4. The average Bonchev–Trinajstić information content (AvgIpc) is 2.76. The van der Waals surface area contributed by atoms with Crippen LogP contribution < -0.4 is 0 Å². The third-order valence-corrected chi connectivity index (χ3v) is 7.40. The summed E-state index contributed by atoms with van der Waals surface area (Å²) in [6, 6.07) is 0. The summed E-state index contributed by atoms with van der Waals surface area (Å²) in [5, 5.41) is 28.8. The minimum Gasteiger partial charge on any atom is -0.477 e. The maximum absolute atomic E-state index is 12.2. The molecule has 0 amide bonds. The molecule has 0 spiro atoms. The van der Waals surface area contributed by atoms with Crippen LogP contribution in [0.3, 0.4) is 0 Å². The summed E-state index contributed by atoms with van der Waals surface area (Å²) in [4.78, 5) is 12.2. The number of unbranched alkanes of at least 4 members (excludes halogenated alkanes) is 15. The van der Waals surface area contributed by atoms with Gasteiger partial charge in [0.1, 0.15) is 0 Å². The number of aliphatic carboxylic acids is 1. The van der Waals surface area contributed by atoms with Gasteiger partial charge in [-0.15, -0.1) is 0 Å². The largest absolute Gasteiger partial charge is 0.477 e. The second-order valence-electron chi connectivity index (χ2n) is 10.3. The molecule has 0 aliphatic heterocycles. The Morgan fingerprint density at radius 2 is 1.03 bits per heavy atom. The van der Waals surface area contributed by atoms with Crippen molar-refractivity contribution >= 4 is 5.97 Å². The summed E-state index contributed by atoms with van der Waals surface area (Å²) in [6.45, 7) is 2.81. The van der Waals surface area contributed by atoms with Crippen molar-refractivity contribution in [1.29, 1.82) is 0 Å². The standard InChI is InChI=1S/C27H55NO4/c1-4-5-6-7-8-9-10-11-12-13-14-15-16-17-18-19-21-27(22-25-30,26(31)32)28(2,3)23-20-24-29/h29-30H,4-25H2,1-3H3/p+1. The van der Waals surface area contributed by atoms with E-state index in [0.29, 0.717) is 23.9 Å². The molecule has 1 atom stereocenters. The van der Waals surface area contributed by atoms with Gasteiger partial charge in [-0.3, -0.25) is 0 Å². The van der Waals surface area contributed by atoms with Crippen LogP contribution in [0.5, 0.6) is 0 Å². The minimum atomic E-state index is -0.972. The van der Waals surface area contributed by atoms with E-state index in [4.69, 9.17) is 0 Å². The summed E-state index contributed by atoms with van der Waals surface area (Å²) in [5.74, 6) is -0.824. The highest BCUT2D eigenvalue weighted by molar-refractivity contribution is 5.77. The van der Waals surface area contributed by atoms with Gasteiger partial charge in [0.15, 0.2) is 5.54 Å². The number of hydrogen-bond donors (Lipinski definition) is 3. The van der Waals surface area contributed by atoms with Crippen molar-refractivity contribution in [2.45, 2.75) is 134 Å². The zero-order valence-corrected chi connectivity index (χ0v) is 21.8. The molecule has 3 N–H and O–H groups in total. The van der Waals surface area contributed by atoms with Crippen LogP contribution in [0.4, 0.5) is 0 Å². The van der Waals surface area contributed by atoms with Gasteiger partial charge in [0, 0.05) is 32.5 Å². The second-order valence-corrected chi connectivity index (χ2v) is 10.3. The molecule has 32 heavy (non-hydrogen) atoms. The predicted molar refractivity (Wildman–Crippen MR) is 135 cm³/mol. The first-order chi connectivity index (χ1) is 15.4. The summed E-state index contributed by atoms with van der Waals surface area (Å²) < 4.78 is 0.308. The van der Waals surface area contributed by atoms with Crippen molar-refractivity contribution in [3.05, 3.63) is 0 Å². The van der Waals surface area contributed by atoms with Crippen molar-refractivity contribution in [2.24, 2.45) is 0 Å². The van der Waals surface area contributed by atoms with Crippen molar-refractivity contribution in [3.8, 4) is 0 Å². The molecule has 5 nitrogen and oxygen atoms in total. The van der Waals surface area contributed by atoms with Crippen LogP contribution in [-0.2, 0) is 4.79 Å². The van der Waals surface area contributed by atoms with Gasteiger partial charge in [0.05, 0.1) is 20.6 Å². The van der Waals surface area contributed by atoms with E-state index in [1.54, 1.807) is 0 Å². The predicted octanol–water partition coefficient (Wildman–Crippen LogP) is 6.30. The van der Waals surface area contributed by atoms with Crippen molar-refractivity contribution in [3.63, 3.8) is 0 Å². The van der Waals surface area contributed by atoms with Gasteiger partial charge in [-0.2, -0.15) is 0 Å². The smallest absolute Gasteiger partial charge is 0.365 e. The van der Waals surface area contributed by atoms with Gasteiger partial charge >= 0.3 is 5.97 Å². The summed E-state index contributed by atoms with van der Waals surface area (Å²) in [6.07, 6.45) is 22.3. The number of likely N-dealkylation sites (N-methyl/N-ethyl adjacent to an activating group) is 1. The fourth-order valence-electron chi connectivity index (χ4n) is 5.03. The summed E-state index contributed by atoms with van der Waals surface area (Å²) in [5.41, 5.74) is -0.972. The number of rotatable bonds is 24. The maximum Gasteiger partial charge on any atom is 0.365 e. The lowest BCUT2D eigenvalue weighted by molar-refractivity contribution is -0.933. The Morgan fingerprint density at radius 3 is 1.38 bits per heavy atom. The Morgan fingerprint density at radius 1 is 0.625 bits per heavy atom. The quantitative estimate of drug-likeness (QED) is 0.117. The van der Waals surface area contributed by atoms with E-state index < -0.39 is 11.5 Å². The van der Waals surface area contributed by atoms with E-state index >= 15 is 0 Å². The van der Waals surface area contributed by atoms with Gasteiger partial charge in [-0.1, -0.05) is 103 Å². The molecule has 0 heterocycles. The SMILES string of the molecule is CCCCCCCCCCCCCCCCCCC(CCO)(C(=O)O)[N+](C)(C)CCCO.